The Labute approximate surface area is 186 Å². The molecule has 0 spiro atoms. The van der Waals surface area contributed by atoms with Crippen LogP contribution in [0.5, 0.6) is 5.75 Å². The van der Waals surface area contributed by atoms with Crippen molar-refractivity contribution in [1.82, 2.24) is 10.2 Å². The summed E-state index contributed by atoms with van der Waals surface area (Å²) >= 11 is 0. The molecule has 5 nitrogen and oxygen atoms in total. The van der Waals surface area contributed by atoms with E-state index in [1.807, 2.05) is 24.7 Å². The molecule has 0 saturated heterocycles. The quantitative estimate of drug-likeness (QED) is 0.409. The Morgan fingerprint density at radius 1 is 1.26 bits per heavy atom. The van der Waals surface area contributed by atoms with Gasteiger partial charge in [-0.1, -0.05) is 25.5 Å². The Bertz CT molecular complexity index is 867. The highest BCUT2D eigenvalue weighted by molar-refractivity contribution is 5.89. The fourth-order valence-corrected chi connectivity index (χ4v) is 4.08. The van der Waals surface area contributed by atoms with Gasteiger partial charge in [0.05, 0.1) is 13.4 Å². The van der Waals surface area contributed by atoms with Crippen molar-refractivity contribution >= 4 is 17.8 Å². The molecule has 0 bridgehead atoms. The van der Waals surface area contributed by atoms with E-state index in [4.69, 9.17) is 4.74 Å². The van der Waals surface area contributed by atoms with Gasteiger partial charge in [-0.2, -0.15) is 0 Å². The van der Waals surface area contributed by atoms with Crippen LogP contribution >= 0.6 is 0 Å². The van der Waals surface area contributed by atoms with Crippen LogP contribution in [0.4, 0.5) is 0 Å². The van der Waals surface area contributed by atoms with E-state index in [0.717, 1.165) is 63.8 Å². The standard InChI is InChI=1S/C26H35N3O2/c1-3-4-8-24-21(9-10-22-19-23(31-2)12-13-25(22)24)11-14-26(30)28-16-5-6-17-29-18-7-15-27-20-29/h7,11-15,19-20H,3-6,8-10,16-18H2,1-2H3,(H,28,30). The molecule has 1 aliphatic heterocycles. The van der Waals surface area contributed by atoms with E-state index in [0.29, 0.717) is 6.54 Å². The lowest BCUT2D eigenvalue weighted by Gasteiger charge is -2.23. The topological polar surface area (TPSA) is 53.9 Å². The summed E-state index contributed by atoms with van der Waals surface area (Å²) < 4.78 is 5.40. The number of benzene rings is 1. The largest absolute Gasteiger partial charge is 0.497 e. The summed E-state index contributed by atoms with van der Waals surface area (Å²) in [6, 6.07) is 6.37. The average molecular weight is 422 g/mol. The number of aliphatic imine (C=N–C) groups is 1. The Balaban J connectivity index is 1.53. The van der Waals surface area contributed by atoms with Gasteiger partial charge in [0.25, 0.3) is 0 Å². The van der Waals surface area contributed by atoms with Crippen LogP contribution < -0.4 is 10.1 Å². The van der Waals surface area contributed by atoms with Gasteiger partial charge >= 0.3 is 0 Å². The van der Waals surface area contributed by atoms with Crippen LogP contribution in [0.15, 0.2) is 53.2 Å². The monoisotopic (exact) mass is 421 g/mol. The highest BCUT2D eigenvalue weighted by Gasteiger charge is 2.18. The first kappa shape index (κ1) is 22.9. The Kier molecular flexibility index (Phi) is 8.95. The minimum Gasteiger partial charge on any atom is -0.497 e. The fraction of sp³-hybridized carbons (Fsp3) is 0.462. The summed E-state index contributed by atoms with van der Waals surface area (Å²) in [7, 11) is 1.71. The minimum absolute atomic E-state index is 0.00895. The molecule has 1 aromatic rings. The normalized spacial score (nSPS) is 15.5. The molecule has 0 aromatic heterocycles. The number of amides is 1. The van der Waals surface area contributed by atoms with Crippen LogP contribution in [0.3, 0.4) is 0 Å². The van der Waals surface area contributed by atoms with Crippen LogP contribution in [0.1, 0.15) is 56.6 Å². The van der Waals surface area contributed by atoms with Crippen LogP contribution in [0.2, 0.25) is 0 Å². The molecule has 0 radical (unpaired) electrons. The number of hydrogen-bond acceptors (Lipinski definition) is 4. The number of nitrogens with zero attached hydrogens (tertiary/aromatic N) is 2. The molecular formula is C26H35N3O2. The molecule has 2 aliphatic rings. The van der Waals surface area contributed by atoms with E-state index in [1.165, 1.54) is 22.3 Å². The smallest absolute Gasteiger partial charge is 0.243 e. The third-order valence-corrected chi connectivity index (χ3v) is 5.84. The molecular weight excluding hydrogens is 386 g/mol. The SMILES string of the molecule is CCCCC1=C(C=CC(=O)NCCCCN2C=NC=CC2)CCc2cc(OC)ccc21. The van der Waals surface area contributed by atoms with E-state index in [9.17, 15) is 4.79 Å². The lowest BCUT2D eigenvalue weighted by Crippen LogP contribution is -2.26. The summed E-state index contributed by atoms with van der Waals surface area (Å²) in [5.41, 5.74) is 5.34. The van der Waals surface area contributed by atoms with E-state index >= 15 is 0 Å². The highest BCUT2D eigenvalue weighted by Crippen LogP contribution is 2.36. The lowest BCUT2D eigenvalue weighted by atomic mass is 9.83. The second kappa shape index (κ2) is 12.1. The van der Waals surface area contributed by atoms with Gasteiger partial charge in [-0.05, 0) is 79.0 Å². The predicted molar refractivity (Wildman–Crippen MR) is 128 cm³/mol. The van der Waals surface area contributed by atoms with Crippen LogP contribution in [0.25, 0.3) is 5.57 Å². The van der Waals surface area contributed by atoms with Gasteiger partial charge in [-0.3, -0.25) is 4.79 Å². The molecule has 0 saturated carbocycles. The number of aryl methyl sites for hydroxylation is 1. The Hall–Kier alpha value is -2.82. The first-order valence-corrected chi connectivity index (χ1v) is 11.5. The molecule has 1 aromatic carbocycles. The van der Waals surface area contributed by atoms with Gasteiger partial charge in [0, 0.05) is 31.9 Å². The van der Waals surface area contributed by atoms with Crippen molar-refractivity contribution in [3.05, 3.63) is 59.3 Å². The molecule has 1 aliphatic carbocycles. The molecule has 1 amide bonds. The molecule has 3 rings (SSSR count). The van der Waals surface area contributed by atoms with E-state index in [1.54, 1.807) is 13.2 Å². The van der Waals surface area contributed by atoms with Crippen LogP contribution in [-0.4, -0.2) is 43.9 Å². The molecule has 0 unspecified atom stereocenters. The maximum Gasteiger partial charge on any atom is 0.243 e. The number of unbranched alkanes of at least 4 members (excludes halogenated alkanes) is 2. The van der Waals surface area contributed by atoms with Crippen molar-refractivity contribution in [2.75, 3.05) is 26.7 Å². The summed E-state index contributed by atoms with van der Waals surface area (Å²) in [4.78, 5) is 18.6. The number of hydrogen-bond donors (Lipinski definition) is 1. The third-order valence-electron chi connectivity index (χ3n) is 5.84. The van der Waals surface area contributed by atoms with Gasteiger partial charge in [0.15, 0.2) is 0 Å². The van der Waals surface area contributed by atoms with Crippen molar-refractivity contribution in [2.45, 2.75) is 51.9 Å². The summed E-state index contributed by atoms with van der Waals surface area (Å²) in [5.74, 6) is 0.904. The van der Waals surface area contributed by atoms with Crippen molar-refractivity contribution in [1.29, 1.82) is 0 Å². The maximum atomic E-state index is 12.3. The maximum absolute atomic E-state index is 12.3. The number of methoxy groups -OCH3 is 1. The third kappa shape index (κ3) is 6.84. The zero-order valence-corrected chi connectivity index (χ0v) is 18.9. The second-order valence-corrected chi connectivity index (χ2v) is 8.11. The van der Waals surface area contributed by atoms with E-state index in [2.05, 4.69) is 40.3 Å². The number of ether oxygens (including phenoxy) is 1. The lowest BCUT2D eigenvalue weighted by molar-refractivity contribution is -0.116. The van der Waals surface area contributed by atoms with Gasteiger partial charge in [-0.25, -0.2) is 4.99 Å². The Morgan fingerprint density at radius 2 is 2.16 bits per heavy atom. The van der Waals surface area contributed by atoms with Crippen molar-refractivity contribution in [2.24, 2.45) is 4.99 Å². The second-order valence-electron chi connectivity index (χ2n) is 8.11. The number of fused-ring (bicyclic) bond motifs is 1. The molecule has 1 heterocycles. The molecule has 0 atom stereocenters. The van der Waals surface area contributed by atoms with Gasteiger partial charge in [-0.15, -0.1) is 0 Å². The number of carbonyl (C=O) groups excluding carboxylic acids is 1. The van der Waals surface area contributed by atoms with E-state index < -0.39 is 0 Å². The van der Waals surface area contributed by atoms with Crippen LogP contribution in [-0.2, 0) is 11.2 Å². The average Bonchev–Trinajstić information content (AvgIpc) is 2.81. The molecule has 0 fully saturated rings. The first-order valence-electron chi connectivity index (χ1n) is 11.5. The zero-order valence-electron chi connectivity index (χ0n) is 18.9. The van der Waals surface area contributed by atoms with E-state index in [-0.39, 0.29) is 5.91 Å². The van der Waals surface area contributed by atoms with Crippen molar-refractivity contribution in [3.8, 4) is 5.75 Å². The van der Waals surface area contributed by atoms with Gasteiger partial charge < -0.3 is 15.0 Å². The summed E-state index contributed by atoms with van der Waals surface area (Å²) in [6.45, 7) is 4.81. The fourth-order valence-electron chi connectivity index (χ4n) is 4.08. The zero-order chi connectivity index (χ0) is 21.9. The summed E-state index contributed by atoms with van der Waals surface area (Å²) in [5, 5.41) is 3.02. The number of nitrogens with one attached hydrogen (secondary N) is 1. The van der Waals surface area contributed by atoms with Crippen LogP contribution in [0, 0.1) is 0 Å². The van der Waals surface area contributed by atoms with Gasteiger partial charge in [0.2, 0.25) is 5.91 Å². The molecule has 166 valence electrons. The number of rotatable bonds is 11. The summed E-state index contributed by atoms with van der Waals surface area (Å²) in [6.07, 6.45) is 16.8. The highest BCUT2D eigenvalue weighted by atomic mass is 16.5. The number of carbonyl (C=O) groups is 1. The van der Waals surface area contributed by atoms with Crippen molar-refractivity contribution in [3.63, 3.8) is 0 Å². The molecule has 31 heavy (non-hydrogen) atoms. The van der Waals surface area contributed by atoms with Crippen molar-refractivity contribution < 1.29 is 9.53 Å². The first-order chi connectivity index (χ1) is 15.2. The minimum atomic E-state index is -0.00895. The Morgan fingerprint density at radius 3 is 2.94 bits per heavy atom. The molecule has 5 heteroatoms. The molecule has 1 N–H and O–H groups in total. The number of allylic oxidation sites excluding steroid dienone is 3. The van der Waals surface area contributed by atoms with Gasteiger partial charge in [0.1, 0.15) is 5.75 Å². The predicted octanol–water partition coefficient (Wildman–Crippen LogP) is 4.90.